The average molecular weight is 530 g/mol. The van der Waals surface area contributed by atoms with Crippen molar-refractivity contribution in [3.05, 3.63) is 89.7 Å². The van der Waals surface area contributed by atoms with Crippen molar-refractivity contribution in [3.8, 4) is 11.5 Å². The van der Waals surface area contributed by atoms with E-state index in [-0.39, 0.29) is 35.4 Å². The zero-order chi connectivity index (χ0) is 27.0. The highest BCUT2D eigenvalue weighted by Gasteiger charge is 2.30. The van der Waals surface area contributed by atoms with Gasteiger partial charge in [0.2, 0.25) is 5.91 Å². The molecule has 1 heterocycles. The van der Waals surface area contributed by atoms with Crippen molar-refractivity contribution in [3.63, 3.8) is 0 Å². The minimum Gasteiger partial charge on any atom is -0.457 e. The fourth-order valence-corrected chi connectivity index (χ4v) is 5.75. The molecule has 3 aromatic rings. The van der Waals surface area contributed by atoms with E-state index in [1.807, 2.05) is 30.3 Å². The number of para-hydroxylation sites is 1. The van der Waals surface area contributed by atoms with Gasteiger partial charge in [-0.1, -0.05) is 37.5 Å². The van der Waals surface area contributed by atoms with Crippen molar-refractivity contribution in [1.82, 2.24) is 10.6 Å². The molecule has 3 N–H and O–H groups in total. The van der Waals surface area contributed by atoms with Crippen LogP contribution in [0.25, 0.3) is 0 Å². The smallest absolute Gasteiger partial charge is 0.251 e. The van der Waals surface area contributed by atoms with Crippen LogP contribution in [0.15, 0.2) is 72.8 Å². The first-order valence-electron chi connectivity index (χ1n) is 14.0. The van der Waals surface area contributed by atoms with E-state index in [1.54, 1.807) is 36.4 Å². The van der Waals surface area contributed by atoms with E-state index in [9.17, 15) is 14.0 Å². The minimum atomic E-state index is -0.277. The van der Waals surface area contributed by atoms with Crippen molar-refractivity contribution >= 4 is 17.5 Å². The molecule has 0 radical (unpaired) electrons. The monoisotopic (exact) mass is 529 g/mol. The Hall–Kier alpha value is -3.87. The zero-order valence-electron chi connectivity index (χ0n) is 22.1. The van der Waals surface area contributed by atoms with Gasteiger partial charge in [0.05, 0.1) is 5.92 Å². The number of rotatable bonds is 10. The largest absolute Gasteiger partial charge is 0.457 e. The van der Waals surface area contributed by atoms with Crippen LogP contribution in [0, 0.1) is 17.7 Å². The highest BCUT2D eigenvalue weighted by atomic mass is 19.1. The summed E-state index contributed by atoms with van der Waals surface area (Å²) in [6, 6.07) is 21.3. The van der Waals surface area contributed by atoms with Crippen molar-refractivity contribution in [1.29, 1.82) is 0 Å². The van der Waals surface area contributed by atoms with Crippen LogP contribution in [0.4, 0.5) is 10.1 Å². The molecule has 2 unspecified atom stereocenters. The van der Waals surface area contributed by atoms with Crippen molar-refractivity contribution < 1.29 is 18.7 Å². The molecule has 0 saturated heterocycles. The standard InChI is InChI=1S/C32H36FN3O3/c33-25-13-16-30-28(19-25)24(20-35-30)17-18-34-32(38)29(22-7-3-1-4-8-22)21-36-31(37)23-11-14-27(15-12-23)39-26-9-5-2-6-10-26/h2,5-6,9-16,19,22,24,29,35H,1,3-4,7-8,17-18,20-21H2,(H,34,38)(H,36,37). The van der Waals surface area contributed by atoms with Crippen LogP contribution in [-0.2, 0) is 4.79 Å². The Balaban J connectivity index is 1.15. The lowest BCUT2D eigenvalue weighted by Gasteiger charge is -2.29. The number of carbonyl (C=O) groups is 2. The van der Waals surface area contributed by atoms with Gasteiger partial charge in [0.15, 0.2) is 0 Å². The second-order valence-corrected chi connectivity index (χ2v) is 10.5. The number of carbonyl (C=O) groups excluding carboxylic acids is 2. The third kappa shape index (κ3) is 6.96. The molecule has 1 saturated carbocycles. The Bertz CT molecular complexity index is 1260. The number of hydrogen-bond donors (Lipinski definition) is 3. The predicted octanol–water partition coefficient (Wildman–Crippen LogP) is 6.26. The molecule has 0 spiro atoms. The van der Waals surface area contributed by atoms with Crippen LogP contribution < -0.4 is 20.7 Å². The summed E-state index contributed by atoms with van der Waals surface area (Å²) in [5.41, 5.74) is 2.47. The SMILES string of the molecule is O=C(NCC(C(=O)NCCC1CNc2ccc(F)cc21)C1CCCCC1)c1ccc(Oc2ccccc2)cc1. The number of ether oxygens (including phenoxy) is 1. The first-order chi connectivity index (χ1) is 19.1. The van der Waals surface area contributed by atoms with Crippen LogP contribution >= 0.6 is 0 Å². The summed E-state index contributed by atoms with van der Waals surface area (Å²) < 4.78 is 19.6. The van der Waals surface area contributed by atoms with Gasteiger partial charge in [-0.05, 0) is 85.3 Å². The summed E-state index contributed by atoms with van der Waals surface area (Å²) in [6.07, 6.45) is 6.15. The quantitative estimate of drug-likeness (QED) is 0.290. The first-order valence-corrected chi connectivity index (χ1v) is 14.0. The number of nitrogens with one attached hydrogen (secondary N) is 3. The van der Waals surface area contributed by atoms with Crippen molar-refractivity contribution in [2.24, 2.45) is 11.8 Å². The van der Waals surface area contributed by atoms with Crippen LogP contribution in [0.3, 0.4) is 0 Å². The zero-order valence-corrected chi connectivity index (χ0v) is 22.1. The number of benzene rings is 3. The van der Waals surface area contributed by atoms with Crippen LogP contribution in [0.1, 0.15) is 60.4 Å². The van der Waals surface area contributed by atoms with E-state index in [0.717, 1.165) is 55.6 Å². The molecule has 2 aliphatic rings. The fourth-order valence-electron chi connectivity index (χ4n) is 5.75. The Morgan fingerprint density at radius 3 is 2.44 bits per heavy atom. The Kier molecular flexibility index (Phi) is 8.76. The van der Waals surface area contributed by atoms with Crippen LogP contribution in [-0.4, -0.2) is 31.4 Å². The molecule has 1 aliphatic heterocycles. The van der Waals surface area contributed by atoms with Gasteiger partial charge < -0.3 is 20.7 Å². The fraction of sp³-hybridized carbons (Fsp3) is 0.375. The van der Waals surface area contributed by atoms with Gasteiger partial charge in [0.1, 0.15) is 17.3 Å². The summed E-state index contributed by atoms with van der Waals surface area (Å²) in [5.74, 6) is 1.07. The molecular weight excluding hydrogens is 493 g/mol. The van der Waals surface area contributed by atoms with Crippen molar-refractivity contribution in [2.45, 2.75) is 44.4 Å². The summed E-state index contributed by atoms with van der Waals surface area (Å²) in [5, 5.41) is 9.44. The molecule has 6 nitrogen and oxygen atoms in total. The molecule has 1 aliphatic carbocycles. The summed E-state index contributed by atoms with van der Waals surface area (Å²) >= 11 is 0. The molecule has 0 bridgehead atoms. The third-order valence-electron chi connectivity index (χ3n) is 7.92. The van der Waals surface area contributed by atoms with Crippen LogP contribution in [0.5, 0.6) is 11.5 Å². The Morgan fingerprint density at radius 1 is 0.923 bits per heavy atom. The maximum absolute atomic E-state index is 13.7. The van der Waals surface area contributed by atoms with Gasteiger partial charge in [-0.2, -0.15) is 0 Å². The lowest BCUT2D eigenvalue weighted by Crippen LogP contribution is -2.43. The molecule has 3 aromatic carbocycles. The predicted molar refractivity (Wildman–Crippen MR) is 151 cm³/mol. The van der Waals surface area contributed by atoms with Gasteiger partial charge >= 0.3 is 0 Å². The lowest BCUT2D eigenvalue weighted by atomic mass is 9.79. The number of halogens is 1. The first kappa shape index (κ1) is 26.7. The van der Waals surface area contributed by atoms with E-state index < -0.39 is 0 Å². The van der Waals surface area contributed by atoms with E-state index in [2.05, 4.69) is 16.0 Å². The second-order valence-electron chi connectivity index (χ2n) is 10.5. The van der Waals surface area contributed by atoms with E-state index in [0.29, 0.717) is 24.4 Å². The second kappa shape index (κ2) is 12.8. The molecule has 1 fully saturated rings. The molecule has 39 heavy (non-hydrogen) atoms. The molecule has 5 rings (SSSR count). The molecule has 0 aromatic heterocycles. The number of hydrogen-bond acceptors (Lipinski definition) is 4. The molecule has 2 atom stereocenters. The third-order valence-corrected chi connectivity index (χ3v) is 7.92. The Labute approximate surface area is 229 Å². The van der Waals surface area contributed by atoms with E-state index in [4.69, 9.17) is 4.74 Å². The number of amides is 2. The minimum absolute atomic E-state index is 0.0146. The van der Waals surface area contributed by atoms with Gasteiger partial charge in [0, 0.05) is 36.8 Å². The van der Waals surface area contributed by atoms with E-state index in [1.165, 1.54) is 12.5 Å². The van der Waals surface area contributed by atoms with Gasteiger partial charge in [-0.3, -0.25) is 9.59 Å². The normalized spacial score (nSPS) is 17.5. The summed E-state index contributed by atoms with van der Waals surface area (Å²) in [7, 11) is 0. The van der Waals surface area contributed by atoms with Gasteiger partial charge in [-0.25, -0.2) is 4.39 Å². The van der Waals surface area contributed by atoms with E-state index >= 15 is 0 Å². The van der Waals surface area contributed by atoms with Gasteiger partial charge in [0.25, 0.3) is 5.91 Å². The molecule has 2 amide bonds. The average Bonchev–Trinajstić information content (AvgIpc) is 3.36. The van der Waals surface area contributed by atoms with Crippen molar-refractivity contribution in [2.75, 3.05) is 25.0 Å². The maximum atomic E-state index is 13.7. The number of fused-ring (bicyclic) bond motifs is 1. The summed E-state index contributed by atoms with van der Waals surface area (Å²) in [6.45, 7) is 1.56. The highest BCUT2D eigenvalue weighted by molar-refractivity contribution is 5.94. The van der Waals surface area contributed by atoms with Gasteiger partial charge in [-0.15, -0.1) is 0 Å². The molecular formula is C32H36FN3O3. The maximum Gasteiger partial charge on any atom is 0.251 e. The molecule has 7 heteroatoms. The number of anilines is 1. The lowest BCUT2D eigenvalue weighted by molar-refractivity contribution is -0.126. The van der Waals surface area contributed by atoms with Crippen LogP contribution in [0.2, 0.25) is 0 Å². The Morgan fingerprint density at radius 2 is 1.67 bits per heavy atom. The highest BCUT2D eigenvalue weighted by Crippen LogP contribution is 2.34. The summed E-state index contributed by atoms with van der Waals surface area (Å²) in [4.78, 5) is 26.3. The topological polar surface area (TPSA) is 79.5 Å². The molecule has 204 valence electrons.